The molecule has 0 aromatic carbocycles. The second-order valence-corrected chi connectivity index (χ2v) is 3.36. The molecule has 0 aliphatic rings. The molecular formula is C10H8ClN5O. The maximum absolute atomic E-state index is 5.67. The first-order valence-corrected chi connectivity index (χ1v) is 5.01. The van der Waals surface area contributed by atoms with E-state index in [1.165, 1.54) is 24.9 Å². The van der Waals surface area contributed by atoms with Crippen molar-refractivity contribution in [1.82, 2.24) is 9.97 Å². The number of aromatic nitrogens is 2. The van der Waals surface area contributed by atoms with Crippen molar-refractivity contribution in [2.45, 2.75) is 0 Å². The van der Waals surface area contributed by atoms with Crippen molar-refractivity contribution in [3.8, 4) is 0 Å². The fraction of sp³-hybridized carbons (Fsp3) is 0. The predicted octanol–water partition coefficient (Wildman–Crippen LogP) is 1.46. The van der Waals surface area contributed by atoms with Gasteiger partial charge >= 0.3 is 0 Å². The zero-order valence-electron chi connectivity index (χ0n) is 8.62. The molecule has 6 nitrogen and oxygen atoms in total. The molecule has 2 heterocycles. The van der Waals surface area contributed by atoms with Crippen molar-refractivity contribution in [3.63, 3.8) is 0 Å². The standard InChI is InChI=1S/C10H8ClN5O/c11-9-6-13-5-8(15-9)10(12)16-14-4-7-2-1-3-17-7/h1-6H,(H2,12,16)/b14-4+. The Labute approximate surface area is 102 Å². The maximum atomic E-state index is 5.67. The molecule has 0 bridgehead atoms. The molecule has 0 saturated carbocycles. The molecule has 0 saturated heterocycles. The van der Waals surface area contributed by atoms with E-state index in [0.29, 0.717) is 11.5 Å². The summed E-state index contributed by atoms with van der Waals surface area (Å²) in [7, 11) is 0. The lowest BCUT2D eigenvalue weighted by molar-refractivity contribution is 0.560. The molecule has 0 aliphatic heterocycles. The monoisotopic (exact) mass is 249 g/mol. The van der Waals surface area contributed by atoms with Gasteiger partial charge in [0.15, 0.2) is 5.84 Å². The summed E-state index contributed by atoms with van der Waals surface area (Å²) >= 11 is 5.67. The summed E-state index contributed by atoms with van der Waals surface area (Å²) in [4.78, 5) is 7.78. The first-order valence-electron chi connectivity index (χ1n) is 4.63. The van der Waals surface area contributed by atoms with E-state index in [1.807, 2.05) is 0 Å². The molecule has 86 valence electrons. The number of nitrogens with zero attached hydrogens (tertiary/aromatic N) is 4. The average molecular weight is 250 g/mol. The van der Waals surface area contributed by atoms with Crippen LogP contribution in [0.4, 0.5) is 0 Å². The smallest absolute Gasteiger partial charge is 0.173 e. The number of hydrogen-bond donors (Lipinski definition) is 1. The van der Waals surface area contributed by atoms with Gasteiger partial charge in [0.25, 0.3) is 0 Å². The van der Waals surface area contributed by atoms with E-state index in [-0.39, 0.29) is 11.0 Å². The molecule has 0 spiro atoms. The van der Waals surface area contributed by atoms with Crippen molar-refractivity contribution < 1.29 is 4.42 Å². The quantitative estimate of drug-likeness (QED) is 0.507. The molecule has 2 N–H and O–H groups in total. The zero-order chi connectivity index (χ0) is 12.1. The largest absolute Gasteiger partial charge is 0.463 e. The molecule has 0 radical (unpaired) electrons. The van der Waals surface area contributed by atoms with Crippen molar-refractivity contribution >= 4 is 23.7 Å². The molecule has 17 heavy (non-hydrogen) atoms. The zero-order valence-corrected chi connectivity index (χ0v) is 9.37. The minimum Gasteiger partial charge on any atom is -0.463 e. The third kappa shape index (κ3) is 3.12. The maximum Gasteiger partial charge on any atom is 0.173 e. The Balaban J connectivity index is 2.12. The van der Waals surface area contributed by atoms with Crippen molar-refractivity contribution in [2.24, 2.45) is 15.9 Å². The van der Waals surface area contributed by atoms with E-state index >= 15 is 0 Å². The molecule has 2 aromatic heterocycles. The Bertz CT molecular complexity index is 550. The first kappa shape index (κ1) is 11.3. The van der Waals surface area contributed by atoms with Gasteiger partial charge in [-0.25, -0.2) is 4.98 Å². The fourth-order valence-corrected chi connectivity index (χ4v) is 1.18. The fourth-order valence-electron chi connectivity index (χ4n) is 1.03. The van der Waals surface area contributed by atoms with Crippen LogP contribution < -0.4 is 5.73 Å². The summed E-state index contributed by atoms with van der Waals surface area (Å²) in [6.07, 6.45) is 5.83. The third-order valence-corrected chi connectivity index (χ3v) is 1.94. The van der Waals surface area contributed by atoms with Crippen LogP contribution >= 0.6 is 11.6 Å². The van der Waals surface area contributed by atoms with E-state index < -0.39 is 0 Å². The van der Waals surface area contributed by atoms with Gasteiger partial charge in [0.05, 0.1) is 24.9 Å². The van der Waals surface area contributed by atoms with Crippen LogP contribution in [0.1, 0.15) is 11.5 Å². The van der Waals surface area contributed by atoms with Gasteiger partial charge in [-0.3, -0.25) is 4.98 Å². The van der Waals surface area contributed by atoms with E-state index in [2.05, 4.69) is 20.2 Å². The van der Waals surface area contributed by atoms with E-state index in [0.717, 1.165) is 0 Å². The lowest BCUT2D eigenvalue weighted by atomic mass is 10.4. The number of halogens is 1. The summed E-state index contributed by atoms with van der Waals surface area (Å²) in [5.74, 6) is 0.710. The van der Waals surface area contributed by atoms with Gasteiger partial charge in [0, 0.05) is 0 Å². The van der Waals surface area contributed by atoms with Crippen LogP contribution in [-0.2, 0) is 0 Å². The molecule has 0 amide bonds. The minimum atomic E-state index is 0.128. The highest BCUT2D eigenvalue weighted by molar-refractivity contribution is 6.29. The molecule has 2 rings (SSSR count). The molecule has 0 aliphatic carbocycles. The Hall–Kier alpha value is -2.21. The Morgan fingerprint density at radius 3 is 3.06 bits per heavy atom. The van der Waals surface area contributed by atoms with Crippen LogP contribution in [0.15, 0.2) is 45.4 Å². The number of nitrogens with two attached hydrogens (primary N) is 1. The van der Waals surface area contributed by atoms with Crippen LogP contribution in [0.25, 0.3) is 0 Å². The number of furan rings is 1. The number of rotatable bonds is 3. The highest BCUT2D eigenvalue weighted by Gasteiger charge is 2.01. The predicted molar refractivity (Wildman–Crippen MR) is 64.1 cm³/mol. The minimum absolute atomic E-state index is 0.128. The molecule has 0 unspecified atom stereocenters. The van der Waals surface area contributed by atoms with Crippen molar-refractivity contribution in [3.05, 3.63) is 47.4 Å². The molecule has 0 atom stereocenters. The normalized spacial score (nSPS) is 12.2. The molecular weight excluding hydrogens is 242 g/mol. The highest BCUT2D eigenvalue weighted by Crippen LogP contribution is 2.02. The van der Waals surface area contributed by atoms with Gasteiger partial charge in [-0.15, -0.1) is 5.10 Å². The summed E-state index contributed by atoms with van der Waals surface area (Å²) < 4.78 is 5.03. The number of amidine groups is 1. The van der Waals surface area contributed by atoms with E-state index in [4.69, 9.17) is 21.8 Å². The molecule has 0 fully saturated rings. The van der Waals surface area contributed by atoms with E-state index in [9.17, 15) is 0 Å². The Kier molecular flexibility index (Phi) is 3.46. The summed E-state index contributed by atoms with van der Waals surface area (Å²) in [6.45, 7) is 0. The molecule has 2 aromatic rings. The Morgan fingerprint density at radius 2 is 2.35 bits per heavy atom. The van der Waals surface area contributed by atoms with Gasteiger partial charge in [0.2, 0.25) is 0 Å². The van der Waals surface area contributed by atoms with Crippen molar-refractivity contribution in [2.75, 3.05) is 0 Å². The SMILES string of the molecule is N/C(=N\N=C\c1ccco1)c1cncc(Cl)n1. The van der Waals surface area contributed by atoms with Crippen LogP contribution in [0, 0.1) is 0 Å². The summed E-state index contributed by atoms with van der Waals surface area (Å²) in [5, 5.41) is 7.75. The topological polar surface area (TPSA) is 89.7 Å². The second-order valence-electron chi connectivity index (χ2n) is 2.97. The highest BCUT2D eigenvalue weighted by atomic mass is 35.5. The van der Waals surface area contributed by atoms with Crippen LogP contribution in [0.5, 0.6) is 0 Å². The first-order chi connectivity index (χ1) is 8.25. The van der Waals surface area contributed by atoms with Gasteiger partial charge in [0.1, 0.15) is 16.6 Å². The lowest BCUT2D eigenvalue weighted by Gasteiger charge is -1.96. The van der Waals surface area contributed by atoms with Gasteiger partial charge in [-0.1, -0.05) is 11.6 Å². The van der Waals surface area contributed by atoms with E-state index in [1.54, 1.807) is 12.1 Å². The Morgan fingerprint density at radius 1 is 1.47 bits per heavy atom. The average Bonchev–Trinajstić information content (AvgIpc) is 2.82. The summed E-state index contributed by atoms with van der Waals surface area (Å²) in [6, 6.07) is 3.49. The van der Waals surface area contributed by atoms with Crippen LogP contribution in [-0.4, -0.2) is 22.0 Å². The van der Waals surface area contributed by atoms with Crippen molar-refractivity contribution in [1.29, 1.82) is 0 Å². The number of hydrogen-bond acceptors (Lipinski definition) is 5. The lowest BCUT2D eigenvalue weighted by Crippen LogP contribution is -2.15. The van der Waals surface area contributed by atoms with Crippen LogP contribution in [0.2, 0.25) is 5.15 Å². The van der Waals surface area contributed by atoms with Crippen LogP contribution in [0.3, 0.4) is 0 Å². The van der Waals surface area contributed by atoms with Gasteiger partial charge in [-0.05, 0) is 12.1 Å². The molecule has 7 heteroatoms. The van der Waals surface area contributed by atoms with Gasteiger partial charge < -0.3 is 10.2 Å². The second kappa shape index (κ2) is 5.22. The third-order valence-electron chi connectivity index (χ3n) is 1.76. The summed E-state index contributed by atoms with van der Waals surface area (Å²) in [5.41, 5.74) is 6.02. The van der Waals surface area contributed by atoms with Gasteiger partial charge in [-0.2, -0.15) is 5.10 Å².